The molecule has 0 bridgehead atoms. The van der Waals surface area contributed by atoms with Crippen LogP contribution in [0, 0.1) is 5.92 Å². The van der Waals surface area contributed by atoms with Crippen molar-refractivity contribution < 1.29 is 18.0 Å². The van der Waals surface area contributed by atoms with E-state index in [4.69, 9.17) is 4.84 Å². The maximum absolute atomic E-state index is 11.6. The van der Waals surface area contributed by atoms with Crippen molar-refractivity contribution in [2.75, 3.05) is 11.5 Å². The van der Waals surface area contributed by atoms with Gasteiger partial charge in [0, 0.05) is 0 Å². The van der Waals surface area contributed by atoms with Crippen molar-refractivity contribution in [3.05, 3.63) is 35.9 Å². The highest BCUT2D eigenvalue weighted by Crippen LogP contribution is 2.18. The molecule has 1 N–H and O–H groups in total. The Morgan fingerprint density at radius 3 is 2.67 bits per heavy atom. The van der Waals surface area contributed by atoms with Gasteiger partial charge in [-0.15, -0.1) is 0 Å². The van der Waals surface area contributed by atoms with Crippen LogP contribution in [0.1, 0.15) is 12.0 Å². The fourth-order valence-electron chi connectivity index (χ4n) is 1.85. The number of rotatable bonds is 4. The van der Waals surface area contributed by atoms with E-state index < -0.39 is 15.8 Å². The molecule has 1 atom stereocenters. The van der Waals surface area contributed by atoms with Crippen LogP contribution in [0.15, 0.2) is 30.3 Å². The molecular weight excluding hydrogens is 254 g/mol. The minimum absolute atomic E-state index is 0.0759. The summed E-state index contributed by atoms with van der Waals surface area (Å²) in [6.45, 7) is 0.270. The molecule has 0 aromatic heterocycles. The molecule has 0 radical (unpaired) electrons. The molecule has 6 heteroatoms. The minimum atomic E-state index is -3.03. The van der Waals surface area contributed by atoms with E-state index in [-0.39, 0.29) is 24.0 Å². The van der Waals surface area contributed by atoms with Gasteiger partial charge in [-0.3, -0.25) is 9.63 Å². The smallest absolute Gasteiger partial charge is 0.247 e. The number of carbonyl (C=O) groups is 1. The molecule has 1 amide bonds. The second-order valence-corrected chi connectivity index (χ2v) is 6.57. The van der Waals surface area contributed by atoms with E-state index in [1.54, 1.807) is 0 Å². The number of hydroxylamine groups is 1. The third kappa shape index (κ3) is 3.54. The van der Waals surface area contributed by atoms with Gasteiger partial charge in [0.15, 0.2) is 9.84 Å². The monoisotopic (exact) mass is 269 g/mol. The molecule has 1 aliphatic heterocycles. The number of carbonyl (C=O) groups excluding carboxylic acids is 1. The summed E-state index contributed by atoms with van der Waals surface area (Å²) in [7, 11) is -3.03. The summed E-state index contributed by atoms with van der Waals surface area (Å²) in [4.78, 5) is 16.7. The zero-order valence-electron chi connectivity index (χ0n) is 9.83. The van der Waals surface area contributed by atoms with Gasteiger partial charge in [0.05, 0.1) is 24.0 Å². The van der Waals surface area contributed by atoms with Gasteiger partial charge in [0.2, 0.25) is 5.91 Å². The lowest BCUT2D eigenvalue weighted by Crippen LogP contribution is -2.31. The molecule has 1 aromatic rings. The standard InChI is InChI=1S/C12H15NO4S/c14-12(11-6-7-18(15,16)9-11)13-17-8-10-4-2-1-3-5-10/h1-5,11H,6-9H2,(H,13,14). The van der Waals surface area contributed by atoms with Crippen LogP contribution < -0.4 is 5.48 Å². The van der Waals surface area contributed by atoms with Gasteiger partial charge in [-0.1, -0.05) is 30.3 Å². The minimum Gasteiger partial charge on any atom is -0.272 e. The highest BCUT2D eigenvalue weighted by Gasteiger charge is 2.32. The Hall–Kier alpha value is -1.40. The number of hydrogen-bond donors (Lipinski definition) is 1. The van der Waals surface area contributed by atoms with Gasteiger partial charge >= 0.3 is 0 Å². The fourth-order valence-corrected chi connectivity index (χ4v) is 3.59. The summed E-state index contributed by atoms with van der Waals surface area (Å²) < 4.78 is 22.4. The summed E-state index contributed by atoms with van der Waals surface area (Å²) in [5.41, 5.74) is 3.25. The normalized spacial score (nSPS) is 21.7. The van der Waals surface area contributed by atoms with Crippen LogP contribution in [-0.4, -0.2) is 25.8 Å². The molecule has 1 unspecified atom stereocenters. The first-order chi connectivity index (χ1) is 8.57. The molecule has 98 valence electrons. The van der Waals surface area contributed by atoms with Gasteiger partial charge in [-0.05, 0) is 12.0 Å². The Morgan fingerprint density at radius 2 is 2.06 bits per heavy atom. The lowest BCUT2D eigenvalue weighted by molar-refractivity contribution is -0.138. The molecule has 1 aromatic carbocycles. The highest BCUT2D eigenvalue weighted by molar-refractivity contribution is 7.91. The summed E-state index contributed by atoms with van der Waals surface area (Å²) in [6.07, 6.45) is 0.378. The Labute approximate surface area is 106 Å². The van der Waals surface area contributed by atoms with Crippen LogP contribution in [0.4, 0.5) is 0 Å². The third-order valence-corrected chi connectivity index (χ3v) is 4.63. The quantitative estimate of drug-likeness (QED) is 0.815. The molecule has 1 saturated heterocycles. The van der Waals surface area contributed by atoms with Crippen LogP contribution in [0.3, 0.4) is 0 Å². The van der Waals surface area contributed by atoms with E-state index in [1.165, 1.54) is 0 Å². The molecule has 1 aliphatic rings. The molecule has 2 rings (SSSR count). The largest absolute Gasteiger partial charge is 0.272 e. The van der Waals surface area contributed by atoms with Gasteiger partial charge < -0.3 is 0 Å². The molecule has 0 saturated carbocycles. The van der Waals surface area contributed by atoms with Crippen molar-refractivity contribution >= 4 is 15.7 Å². The lowest BCUT2D eigenvalue weighted by atomic mass is 10.1. The Bertz CT molecular complexity index is 512. The fraction of sp³-hybridized carbons (Fsp3) is 0.417. The first-order valence-corrected chi connectivity index (χ1v) is 7.55. The SMILES string of the molecule is O=C(NOCc1ccccc1)C1CCS(=O)(=O)C1. The zero-order chi connectivity index (χ0) is 13.0. The molecule has 0 aliphatic carbocycles. The predicted molar refractivity (Wildman–Crippen MR) is 66.1 cm³/mol. The van der Waals surface area contributed by atoms with E-state index in [9.17, 15) is 13.2 Å². The maximum atomic E-state index is 11.6. The third-order valence-electron chi connectivity index (χ3n) is 2.86. The van der Waals surface area contributed by atoms with Crippen molar-refractivity contribution in [1.82, 2.24) is 5.48 Å². The van der Waals surface area contributed by atoms with Gasteiger partial charge in [0.1, 0.15) is 0 Å². The number of hydrogen-bond acceptors (Lipinski definition) is 4. The lowest BCUT2D eigenvalue weighted by Gasteiger charge is -2.09. The van der Waals surface area contributed by atoms with E-state index in [1.807, 2.05) is 30.3 Å². The van der Waals surface area contributed by atoms with Crippen molar-refractivity contribution in [3.63, 3.8) is 0 Å². The predicted octanol–water partition coefficient (Wildman–Crippen LogP) is 0.669. The van der Waals surface area contributed by atoms with E-state index in [2.05, 4.69) is 5.48 Å². The molecular formula is C12H15NO4S. The molecule has 1 fully saturated rings. The molecule has 1 heterocycles. The van der Waals surface area contributed by atoms with Crippen molar-refractivity contribution in [2.24, 2.45) is 5.92 Å². The van der Waals surface area contributed by atoms with Gasteiger partial charge in [0.25, 0.3) is 0 Å². The molecule has 5 nitrogen and oxygen atoms in total. The van der Waals surface area contributed by atoms with Gasteiger partial charge in [-0.25, -0.2) is 13.9 Å². The average Bonchev–Trinajstić information content (AvgIpc) is 2.71. The number of sulfone groups is 1. The van der Waals surface area contributed by atoms with Crippen LogP contribution >= 0.6 is 0 Å². The summed E-state index contributed by atoms with van der Waals surface area (Å²) in [5, 5.41) is 0. The summed E-state index contributed by atoms with van der Waals surface area (Å²) in [6, 6.07) is 9.41. The Balaban J connectivity index is 1.76. The van der Waals surface area contributed by atoms with Crippen LogP contribution in [-0.2, 0) is 26.1 Å². The maximum Gasteiger partial charge on any atom is 0.247 e. The Morgan fingerprint density at radius 1 is 1.33 bits per heavy atom. The number of amides is 1. The number of nitrogens with one attached hydrogen (secondary N) is 1. The molecule has 18 heavy (non-hydrogen) atoms. The van der Waals surface area contributed by atoms with Crippen molar-refractivity contribution in [3.8, 4) is 0 Å². The van der Waals surface area contributed by atoms with E-state index in [0.717, 1.165) is 5.56 Å². The first kappa shape index (κ1) is 13.0. The average molecular weight is 269 g/mol. The van der Waals surface area contributed by atoms with Crippen LogP contribution in [0.5, 0.6) is 0 Å². The van der Waals surface area contributed by atoms with E-state index >= 15 is 0 Å². The van der Waals surface area contributed by atoms with Gasteiger partial charge in [-0.2, -0.15) is 0 Å². The topological polar surface area (TPSA) is 72.5 Å². The number of benzene rings is 1. The second kappa shape index (κ2) is 5.49. The first-order valence-electron chi connectivity index (χ1n) is 5.73. The molecule has 0 spiro atoms. The Kier molecular flexibility index (Phi) is 3.98. The summed E-state index contributed by atoms with van der Waals surface area (Å²) >= 11 is 0. The highest BCUT2D eigenvalue weighted by atomic mass is 32.2. The zero-order valence-corrected chi connectivity index (χ0v) is 10.7. The second-order valence-electron chi connectivity index (χ2n) is 4.34. The van der Waals surface area contributed by atoms with Crippen molar-refractivity contribution in [1.29, 1.82) is 0 Å². The van der Waals surface area contributed by atoms with E-state index in [0.29, 0.717) is 6.42 Å². The summed E-state index contributed by atoms with van der Waals surface area (Å²) in [5.74, 6) is -0.824. The van der Waals surface area contributed by atoms with Crippen molar-refractivity contribution in [2.45, 2.75) is 13.0 Å². The van der Waals surface area contributed by atoms with Crippen LogP contribution in [0.25, 0.3) is 0 Å². The van der Waals surface area contributed by atoms with Crippen LogP contribution in [0.2, 0.25) is 0 Å².